The molecule has 0 radical (unpaired) electrons. The summed E-state index contributed by atoms with van der Waals surface area (Å²) in [5.41, 5.74) is 6.69. The molecule has 0 aliphatic carbocycles. The molecule has 0 saturated carbocycles. The molecule has 1 aromatic heterocycles. The second-order valence-electron chi connectivity index (χ2n) is 6.43. The standard InChI is InChI=1S/C20H18F3N3O3/c21-20(22,23)14-5-1-13(2-6-14)10-25-18(28)17-11-29-19(26-17)16(24)9-12-3-7-15(27)8-4-12/h1-8,11,16,27H,9-10,24H2,(H,25,28). The van der Waals surface area contributed by atoms with Crippen molar-refractivity contribution in [3.05, 3.63) is 83.1 Å². The lowest BCUT2D eigenvalue weighted by Crippen LogP contribution is -2.23. The fourth-order valence-corrected chi connectivity index (χ4v) is 2.62. The number of halogens is 3. The SMILES string of the molecule is NC(Cc1ccc(O)cc1)c1nc(C(=O)NCc2ccc(C(F)(F)F)cc2)co1. The summed E-state index contributed by atoms with van der Waals surface area (Å²) < 4.78 is 43.0. The molecule has 152 valence electrons. The van der Waals surface area contributed by atoms with Crippen LogP contribution in [0.25, 0.3) is 0 Å². The average molecular weight is 405 g/mol. The molecular weight excluding hydrogens is 387 g/mol. The van der Waals surface area contributed by atoms with E-state index in [4.69, 9.17) is 10.2 Å². The number of nitrogens with zero attached hydrogens (tertiary/aromatic N) is 1. The minimum absolute atomic E-state index is 0.0214. The number of hydrogen-bond acceptors (Lipinski definition) is 5. The number of phenols is 1. The number of carbonyl (C=O) groups is 1. The van der Waals surface area contributed by atoms with Crippen LogP contribution < -0.4 is 11.1 Å². The Hall–Kier alpha value is -3.33. The molecule has 1 heterocycles. The fraction of sp³-hybridized carbons (Fsp3) is 0.200. The number of hydrogen-bond donors (Lipinski definition) is 3. The Kier molecular flexibility index (Phi) is 5.88. The van der Waals surface area contributed by atoms with Crippen LogP contribution in [0.15, 0.2) is 59.2 Å². The number of alkyl halides is 3. The van der Waals surface area contributed by atoms with Crippen LogP contribution in [-0.4, -0.2) is 16.0 Å². The average Bonchev–Trinajstić information content (AvgIpc) is 3.18. The molecule has 0 spiro atoms. The van der Waals surface area contributed by atoms with Crippen molar-refractivity contribution in [2.45, 2.75) is 25.2 Å². The number of phenolic OH excluding ortho intramolecular Hbond substituents is 1. The van der Waals surface area contributed by atoms with Gasteiger partial charge in [-0.1, -0.05) is 24.3 Å². The number of amides is 1. The smallest absolute Gasteiger partial charge is 0.416 e. The van der Waals surface area contributed by atoms with Gasteiger partial charge in [-0.25, -0.2) is 4.98 Å². The van der Waals surface area contributed by atoms with Crippen LogP contribution in [0, 0.1) is 0 Å². The molecule has 0 bridgehead atoms. The summed E-state index contributed by atoms with van der Waals surface area (Å²) in [4.78, 5) is 16.3. The van der Waals surface area contributed by atoms with Gasteiger partial charge in [-0.15, -0.1) is 0 Å². The number of nitrogens with two attached hydrogens (primary N) is 1. The van der Waals surface area contributed by atoms with Crippen molar-refractivity contribution in [1.82, 2.24) is 10.3 Å². The molecule has 2 aromatic carbocycles. The van der Waals surface area contributed by atoms with Gasteiger partial charge in [0.05, 0.1) is 11.6 Å². The zero-order valence-corrected chi connectivity index (χ0v) is 15.1. The maximum Gasteiger partial charge on any atom is 0.416 e. The zero-order valence-electron chi connectivity index (χ0n) is 15.1. The fourth-order valence-electron chi connectivity index (χ4n) is 2.62. The van der Waals surface area contributed by atoms with Gasteiger partial charge in [0, 0.05) is 6.54 Å². The molecule has 4 N–H and O–H groups in total. The molecule has 0 aliphatic heterocycles. The molecule has 0 fully saturated rings. The van der Waals surface area contributed by atoms with E-state index in [2.05, 4.69) is 10.3 Å². The number of benzene rings is 2. The Morgan fingerprint density at radius 3 is 2.34 bits per heavy atom. The van der Waals surface area contributed by atoms with Gasteiger partial charge in [-0.2, -0.15) is 13.2 Å². The maximum absolute atomic E-state index is 12.6. The third-order valence-electron chi connectivity index (χ3n) is 4.20. The molecule has 3 rings (SSSR count). The van der Waals surface area contributed by atoms with Crippen LogP contribution >= 0.6 is 0 Å². The third-order valence-corrected chi connectivity index (χ3v) is 4.20. The summed E-state index contributed by atoms with van der Waals surface area (Å²) in [5, 5.41) is 11.9. The predicted octanol–water partition coefficient (Wildman–Crippen LogP) is 3.57. The van der Waals surface area contributed by atoms with Gasteiger partial charge in [0.2, 0.25) is 5.89 Å². The Morgan fingerprint density at radius 1 is 1.10 bits per heavy atom. The number of carbonyl (C=O) groups excluding carboxylic acids is 1. The molecule has 29 heavy (non-hydrogen) atoms. The van der Waals surface area contributed by atoms with Gasteiger partial charge < -0.3 is 20.6 Å². The number of aromatic nitrogens is 1. The first-order valence-electron chi connectivity index (χ1n) is 8.65. The van der Waals surface area contributed by atoms with Crippen molar-refractivity contribution in [2.24, 2.45) is 5.73 Å². The number of nitrogens with one attached hydrogen (secondary N) is 1. The van der Waals surface area contributed by atoms with Crippen LogP contribution in [0.1, 0.15) is 39.1 Å². The minimum Gasteiger partial charge on any atom is -0.508 e. The first-order chi connectivity index (χ1) is 13.7. The first kappa shape index (κ1) is 20.4. The lowest BCUT2D eigenvalue weighted by molar-refractivity contribution is -0.137. The Balaban J connectivity index is 1.56. The van der Waals surface area contributed by atoms with E-state index in [1.165, 1.54) is 30.5 Å². The third kappa shape index (κ3) is 5.35. The summed E-state index contributed by atoms with van der Waals surface area (Å²) in [7, 11) is 0. The monoisotopic (exact) mass is 405 g/mol. The van der Waals surface area contributed by atoms with Crippen LogP contribution in [0.4, 0.5) is 13.2 Å². The lowest BCUT2D eigenvalue weighted by Gasteiger charge is -2.08. The molecule has 0 saturated heterocycles. The molecule has 6 nitrogen and oxygen atoms in total. The van der Waals surface area contributed by atoms with Crippen molar-refractivity contribution in [3.8, 4) is 5.75 Å². The molecule has 1 unspecified atom stereocenters. The Morgan fingerprint density at radius 2 is 1.72 bits per heavy atom. The highest BCUT2D eigenvalue weighted by Crippen LogP contribution is 2.29. The number of rotatable bonds is 6. The van der Waals surface area contributed by atoms with Crippen molar-refractivity contribution in [1.29, 1.82) is 0 Å². The quantitative estimate of drug-likeness (QED) is 0.582. The van der Waals surface area contributed by atoms with Gasteiger partial charge in [0.25, 0.3) is 5.91 Å². The topological polar surface area (TPSA) is 101 Å². The summed E-state index contributed by atoms with van der Waals surface area (Å²) in [6, 6.07) is 10.4. The largest absolute Gasteiger partial charge is 0.508 e. The molecule has 3 aromatic rings. The summed E-state index contributed by atoms with van der Waals surface area (Å²) in [6.45, 7) is 0.0404. The van der Waals surface area contributed by atoms with E-state index in [1.807, 2.05) is 0 Å². The van der Waals surface area contributed by atoms with E-state index in [0.717, 1.165) is 17.7 Å². The molecule has 1 amide bonds. The van der Waals surface area contributed by atoms with E-state index >= 15 is 0 Å². The minimum atomic E-state index is -4.40. The van der Waals surface area contributed by atoms with Crippen molar-refractivity contribution >= 4 is 5.91 Å². The van der Waals surface area contributed by atoms with Gasteiger partial charge in [0.15, 0.2) is 5.69 Å². The molecule has 0 aliphatic rings. The van der Waals surface area contributed by atoms with E-state index in [1.54, 1.807) is 12.1 Å². The van der Waals surface area contributed by atoms with Gasteiger partial charge >= 0.3 is 6.18 Å². The highest BCUT2D eigenvalue weighted by atomic mass is 19.4. The highest BCUT2D eigenvalue weighted by Gasteiger charge is 2.29. The normalized spacial score (nSPS) is 12.6. The van der Waals surface area contributed by atoms with Crippen LogP contribution in [0.5, 0.6) is 5.75 Å². The summed E-state index contributed by atoms with van der Waals surface area (Å²) in [5.74, 6) is -0.208. The second kappa shape index (κ2) is 8.36. The maximum atomic E-state index is 12.6. The molecule has 1 atom stereocenters. The summed E-state index contributed by atoms with van der Waals surface area (Å²) >= 11 is 0. The Labute approximate surface area is 164 Å². The highest BCUT2D eigenvalue weighted by molar-refractivity contribution is 5.91. The molecular formula is C20H18F3N3O3. The van der Waals surface area contributed by atoms with Gasteiger partial charge in [-0.05, 0) is 41.8 Å². The Bertz CT molecular complexity index is 967. The summed E-state index contributed by atoms with van der Waals surface area (Å²) in [6.07, 6.45) is -2.83. The van der Waals surface area contributed by atoms with E-state index in [9.17, 15) is 23.1 Å². The zero-order chi connectivity index (χ0) is 21.0. The number of aromatic hydroxyl groups is 1. The van der Waals surface area contributed by atoms with E-state index in [-0.39, 0.29) is 23.9 Å². The van der Waals surface area contributed by atoms with Crippen molar-refractivity contribution in [3.63, 3.8) is 0 Å². The van der Waals surface area contributed by atoms with Crippen molar-refractivity contribution in [2.75, 3.05) is 0 Å². The van der Waals surface area contributed by atoms with Crippen molar-refractivity contribution < 1.29 is 27.5 Å². The van der Waals surface area contributed by atoms with Crippen LogP contribution in [0.3, 0.4) is 0 Å². The van der Waals surface area contributed by atoms with Crippen LogP contribution in [0.2, 0.25) is 0 Å². The second-order valence-corrected chi connectivity index (χ2v) is 6.43. The van der Waals surface area contributed by atoms with Gasteiger partial charge in [-0.3, -0.25) is 4.79 Å². The van der Waals surface area contributed by atoms with E-state index < -0.39 is 23.7 Å². The first-order valence-corrected chi connectivity index (χ1v) is 8.65. The lowest BCUT2D eigenvalue weighted by atomic mass is 10.1. The van der Waals surface area contributed by atoms with Crippen LogP contribution in [-0.2, 0) is 19.1 Å². The number of oxazole rings is 1. The van der Waals surface area contributed by atoms with Gasteiger partial charge in [0.1, 0.15) is 12.0 Å². The predicted molar refractivity (Wildman–Crippen MR) is 97.9 cm³/mol. The van der Waals surface area contributed by atoms with E-state index in [0.29, 0.717) is 12.0 Å². The molecule has 9 heteroatoms.